The van der Waals surface area contributed by atoms with Gasteiger partial charge in [-0.1, -0.05) is 35.9 Å². The van der Waals surface area contributed by atoms with Gasteiger partial charge in [0.25, 0.3) is 0 Å². The zero-order valence-corrected chi connectivity index (χ0v) is 23.4. The van der Waals surface area contributed by atoms with Crippen LogP contribution in [-0.2, 0) is 0 Å². The molecular weight excluding hydrogens is 553 g/mol. The lowest BCUT2D eigenvalue weighted by molar-refractivity contribution is 0.107. The lowest BCUT2D eigenvalue weighted by Crippen LogP contribution is -2.43. The van der Waals surface area contributed by atoms with E-state index in [1.165, 1.54) is 6.07 Å². The molecule has 3 aliphatic heterocycles. The normalized spacial score (nSPS) is 24.4. The molecule has 2 aromatic carbocycles. The Morgan fingerprint density at radius 1 is 1.22 bits per heavy atom. The fourth-order valence-electron chi connectivity index (χ4n) is 6.84. The summed E-state index contributed by atoms with van der Waals surface area (Å²) >= 11 is 6.36. The molecule has 2 aromatic heterocycles. The molecule has 0 aliphatic carbocycles. The number of hydrogen-bond acceptors (Lipinski definition) is 7. The van der Waals surface area contributed by atoms with Crippen LogP contribution in [-0.4, -0.2) is 77.4 Å². The monoisotopic (exact) mass is 582 g/mol. The molecule has 0 saturated carbocycles. The molecule has 0 spiro atoms. The Bertz CT molecular complexity index is 1650. The maximum absolute atomic E-state index is 16.5. The van der Waals surface area contributed by atoms with Crippen molar-refractivity contribution in [1.82, 2.24) is 25.2 Å². The summed E-state index contributed by atoms with van der Waals surface area (Å²) in [5.41, 5.74) is 0.0222. The minimum Gasteiger partial charge on any atom is -0.461 e. The average Bonchev–Trinajstić information content (AvgIpc) is 3.70. The highest BCUT2D eigenvalue weighted by atomic mass is 35.5. The van der Waals surface area contributed by atoms with E-state index in [0.29, 0.717) is 40.5 Å². The molecule has 1 N–H and O–H groups in total. The number of alkyl halides is 1. The molecule has 5 heterocycles. The van der Waals surface area contributed by atoms with Gasteiger partial charge < -0.3 is 15.0 Å². The first kappa shape index (κ1) is 26.7. The molecule has 3 atom stereocenters. The number of nitrogens with one attached hydrogen (secondary N) is 1. The third kappa shape index (κ3) is 4.47. The smallest absolute Gasteiger partial charge is 0.319 e. The lowest BCUT2D eigenvalue weighted by atomic mass is 9.95. The maximum Gasteiger partial charge on any atom is 0.319 e. The van der Waals surface area contributed by atoms with Gasteiger partial charge in [0.05, 0.1) is 15.9 Å². The third-order valence-corrected chi connectivity index (χ3v) is 9.35. The minimum absolute atomic E-state index is 0.00742. The van der Waals surface area contributed by atoms with Crippen LogP contribution >= 0.6 is 11.6 Å². The summed E-state index contributed by atoms with van der Waals surface area (Å²) < 4.78 is 51.5. The van der Waals surface area contributed by atoms with Gasteiger partial charge in [0.1, 0.15) is 35.6 Å². The first-order chi connectivity index (χ1) is 19.8. The molecule has 41 heavy (non-hydrogen) atoms. The molecule has 3 aliphatic rings. The lowest BCUT2D eigenvalue weighted by Gasteiger charge is -2.31. The quantitative estimate of drug-likeness (QED) is 0.321. The van der Waals surface area contributed by atoms with E-state index in [1.54, 1.807) is 30.5 Å². The highest BCUT2D eigenvalue weighted by Crippen LogP contribution is 2.41. The Balaban J connectivity index is 1.35. The third-order valence-electron chi connectivity index (χ3n) is 8.98. The Labute approximate surface area is 240 Å². The van der Waals surface area contributed by atoms with Crippen LogP contribution in [0.4, 0.5) is 19.0 Å². The van der Waals surface area contributed by atoms with Gasteiger partial charge in [0, 0.05) is 49.7 Å². The Hall–Kier alpha value is -3.21. The summed E-state index contributed by atoms with van der Waals surface area (Å²) in [7, 11) is 1.92. The van der Waals surface area contributed by atoms with Crippen molar-refractivity contribution in [1.29, 1.82) is 0 Å². The van der Waals surface area contributed by atoms with E-state index in [0.717, 1.165) is 38.9 Å². The van der Waals surface area contributed by atoms with Crippen LogP contribution in [0.5, 0.6) is 6.01 Å². The maximum atomic E-state index is 16.5. The molecule has 3 saturated heterocycles. The fraction of sp³-hybridized carbons (Fsp3) is 0.433. The molecule has 3 fully saturated rings. The molecule has 0 unspecified atom stereocenters. The van der Waals surface area contributed by atoms with Crippen LogP contribution in [0.1, 0.15) is 25.7 Å². The van der Waals surface area contributed by atoms with Crippen molar-refractivity contribution in [3.05, 3.63) is 53.2 Å². The predicted octanol–water partition coefficient (Wildman–Crippen LogP) is 5.53. The van der Waals surface area contributed by atoms with Gasteiger partial charge in [0.15, 0.2) is 5.82 Å². The van der Waals surface area contributed by atoms with E-state index in [-0.39, 0.29) is 34.9 Å². The highest BCUT2D eigenvalue weighted by molar-refractivity contribution is 6.36. The van der Waals surface area contributed by atoms with Crippen LogP contribution in [0.3, 0.4) is 0 Å². The first-order valence-corrected chi connectivity index (χ1v) is 14.4. The molecule has 0 radical (unpaired) electrons. The summed E-state index contributed by atoms with van der Waals surface area (Å²) in [5, 5.41) is 4.74. The number of nitrogens with zero attached hydrogens (tertiary/aromatic N) is 5. The van der Waals surface area contributed by atoms with Gasteiger partial charge in [-0.3, -0.25) is 9.88 Å². The SMILES string of the molecule is CN(c1nc(OC[C@]23CCCN2C[C@H](F)C3)nc2c(F)c(-c3cccc4ccc(F)c(Cl)c34)ncc12)[C@@H]1CCNC1. The molecule has 7 rings (SSSR count). The molecule has 0 bridgehead atoms. The van der Waals surface area contributed by atoms with E-state index in [9.17, 15) is 8.78 Å². The standard InChI is InChI=1S/C30H30ClF3N6O/c1-39(19-8-10-35-13-19)28-21-14-36-26(20-5-2-4-17-6-7-22(33)24(31)23(17)20)25(34)27(21)37-29(38-28)41-16-30-9-3-11-40(30)15-18(32)12-30/h2,4-7,14,18-19,35H,3,8-13,15-16H2,1H3/t18-,19-,30-/m1/s1. The number of rotatable bonds is 6. The minimum atomic E-state index is -0.892. The van der Waals surface area contributed by atoms with Gasteiger partial charge in [-0.05, 0) is 43.8 Å². The van der Waals surface area contributed by atoms with Gasteiger partial charge in [0.2, 0.25) is 0 Å². The number of hydrogen-bond donors (Lipinski definition) is 1. The molecule has 11 heteroatoms. The van der Waals surface area contributed by atoms with E-state index >= 15 is 4.39 Å². The largest absolute Gasteiger partial charge is 0.461 e. The summed E-state index contributed by atoms with van der Waals surface area (Å²) in [6.07, 6.45) is 3.79. The molecule has 214 valence electrons. The van der Waals surface area contributed by atoms with E-state index in [4.69, 9.17) is 21.3 Å². The summed E-state index contributed by atoms with van der Waals surface area (Å²) in [6, 6.07) is 8.28. The second kappa shape index (κ2) is 10.3. The number of fused-ring (bicyclic) bond motifs is 3. The van der Waals surface area contributed by atoms with Crippen LogP contribution < -0.4 is 15.0 Å². The van der Waals surface area contributed by atoms with Crippen molar-refractivity contribution in [2.45, 2.75) is 43.4 Å². The zero-order chi connectivity index (χ0) is 28.3. The van der Waals surface area contributed by atoms with Crippen molar-refractivity contribution in [3.63, 3.8) is 0 Å². The summed E-state index contributed by atoms with van der Waals surface area (Å²) in [6.45, 7) is 3.11. The number of benzene rings is 2. The summed E-state index contributed by atoms with van der Waals surface area (Å²) in [5.74, 6) is -0.760. The topological polar surface area (TPSA) is 66.4 Å². The Kier molecular flexibility index (Phi) is 6.67. The highest BCUT2D eigenvalue weighted by Gasteiger charge is 2.49. The Morgan fingerprint density at radius 3 is 2.93 bits per heavy atom. The Morgan fingerprint density at radius 2 is 2.10 bits per heavy atom. The molecule has 4 aromatic rings. The van der Waals surface area contributed by atoms with Gasteiger partial charge >= 0.3 is 6.01 Å². The number of likely N-dealkylation sites (N-methyl/N-ethyl adjacent to an activating group) is 1. The number of aromatic nitrogens is 3. The molecule has 7 nitrogen and oxygen atoms in total. The van der Waals surface area contributed by atoms with Crippen molar-refractivity contribution in [3.8, 4) is 17.3 Å². The van der Waals surface area contributed by atoms with Crippen LogP contribution in [0.25, 0.3) is 32.9 Å². The second-order valence-corrected chi connectivity index (χ2v) is 11.8. The van der Waals surface area contributed by atoms with Crippen LogP contribution in [0.15, 0.2) is 36.5 Å². The first-order valence-electron chi connectivity index (χ1n) is 14.0. The van der Waals surface area contributed by atoms with Crippen LogP contribution in [0.2, 0.25) is 5.02 Å². The predicted molar refractivity (Wildman–Crippen MR) is 153 cm³/mol. The fourth-order valence-corrected chi connectivity index (χ4v) is 7.11. The second-order valence-electron chi connectivity index (χ2n) is 11.4. The van der Waals surface area contributed by atoms with Crippen molar-refractivity contribution >= 4 is 39.1 Å². The molecular formula is C30H30ClF3N6O. The van der Waals surface area contributed by atoms with Gasteiger partial charge in [-0.25, -0.2) is 13.2 Å². The van der Waals surface area contributed by atoms with Crippen molar-refractivity contribution in [2.75, 3.05) is 44.7 Å². The number of anilines is 1. The van der Waals surface area contributed by atoms with Crippen molar-refractivity contribution in [2.24, 2.45) is 0 Å². The average molecular weight is 583 g/mol. The van der Waals surface area contributed by atoms with Gasteiger partial charge in [-0.15, -0.1) is 0 Å². The number of ether oxygens (including phenoxy) is 1. The van der Waals surface area contributed by atoms with E-state index < -0.39 is 23.3 Å². The van der Waals surface area contributed by atoms with Gasteiger partial charge in [-0.2, -0.15) is 9.97 Å². The summed E-state index contributed by atoms with van der Waals surface area (Å²) in [4.78, 5) is 17.9. The zero-order valence-electron chi connectivity index (χ0n) is 22.6. The van der Waals surface area contributed by atoms with E-state index in [1.807, 2.05) is 11.9 Å². The van der Waals surface area contributed by atoms with E-state index in [2.05, 4.69) is 20.2 Å². The molecule has 0 amide bonds. The van der Waals surface area contributed by atoms with Crippen LogP contribution in [0, 0.1) is 11.6 Å². The number of halogens is 4. The number of pyridine rings is 1. The van der Waals surface area contributed by atoms with Crippen molar-refractivity contribution < 1.29 is 17.9 Å².